The van der Waals surface area contributed by atoms with Gasteiger partial charge >= 0.3 is 5.97 Å². The summed E-state index contributed by atoms with van der Waals surface area (Å²) in [6.45, 7) is 6.22. The van der Waals surface area contributed by atoms with Crippen molar-refractivity contribution < 1.29 is 110 Å². The summed E-state index contributed by atoms with van der Waals surface area (Å²) in [5, 5.41) is 32.8. The van der Waals surface area contributed by atoms with E-state index >= 15 is 4.39 Å². The number of ether oxygens (including phenoxy) is 10. The molecule has 0 unspecified atom stereocenters. The number of carbonyl (C=O) groups excluding carboxylic acids is 11. The largest absolute Gasteiger partial charge is 0.458 e. The van der Waals surface area contributed by atoms with Crippen LogP contribution >= 0.6 is 0 Å². The lowest BCUT2D eigenvalue weighted by molar-refractivity contribution is -0.173. The molecule has 1 saturated carbocycles. The fourth-order valence-electron chi connectivity index (χ4n) is 12.0. The number of halogens is 1. The summed E-state index contributed by atoms with van der Waals surface area (Å²) >= 11 is 0. The van der Waals surface area contributed by atoms with Crippen LogP contribution < -0.4 is 48.1 Å². The second-order valence-electron chi connectivity index (χ2n) is 26.5. The number of nitrogens with zero attached hydrogens (tertiary/aromatic N) is 3. The number of aliphatic hydroxyl groups is 1. The first-order valence-electron chi connectivity index (χ1n) is 36.9. The zero-order chi connectivity index (χ0) is 78.8. The van der Waals surface area contributed by atoms with Crippen LogP contribution in [0.3, 0.4) is 0 Å². The van der Waals surface area contributed by atoms with Gasteiger partial charge in [0, 0.05) is 80.7 Å². The first kappa shape index (κ1) is 86.0. The van der Waals surface area contributed by atoms with Crippen LogP contribution in [0.4, 0.5) is 4.39 Å². The van der Waals surface area contributed by atoms with Crippen molar-refractivity contribution in [3.8, 4) is 11.4 Å². The van der Waals surface area contributed by atoms with Crippen LogP contribution in [-0.4, -0.2) is 248 Å². The summed E-state index contributed by atoms with van der Waals surface area (Å²) in [4.78, 5) is 163. The van der Waals surface area contributed by atoms with Gasteiger partial charge in [-0.25, -0.2) is 14.2 Å². The van der Waals surface area contributed by atoms with Gasteiger partial charge < -0.3 is 99.6 Å². The molecule has 0 bridgehead atoms. The highest BCUT2D eigenvalue weighted by Gasteiger charge is 2.50. The zero-order valence-electron chi connectivity index (χ0n) is 62.3. The van der Waals surface area contributed by atoms with Crippen molar-refractivity contribution >= 4 is 75.9 Å². The van der Waals surface area contributed by atoms with E-state index < -0.39 is 127 Å². The van der Waals surface area contributed by atoms with Gasteiger partial charge in [-0.2, -0.15) is 0 Å². The number of amides is 10. The van der Waals surface area contributed by atoms with Crippen LogP contribution in [0.15, 0.2) is 65.5 Å². The van der Waals surface area contributed by atoms with Gasteiger partial charge in [-0.05, 0) is 74.3 Å². The number of aromatic nitrogens is 2. The number of cyclic esters (lactones) is 1. The van der Waals surface area contributed by atoms with E-state index in [0.29, 0.717) is 138 Å². The van der Waals surface area contributed by atoms with Crippen LogP contribution in [0.1, 0.15) is 98.1 Å². The molecule has 110 heavy (non-hydrogen) atoms. The Balaban J connectivity index is 0.722. The summed E-state index contributed by atoms with van der Waals surface area (Å²) < 4.78 is 70.8. The van der Waals surface area contributed by atoms with E-state index in [0.717, 1.165) is 17.7 Å². The number of carbonyl (C=O) groups is 11. The van der Waals surface area contributed by atoms with Crippen LogP contribution in [0.5, 0.6) is 0 Å². The van der Waals surface area contributed by atoms with E-state index in [1.165, 1.54) is 29.7 Å². The Kier molecular flexibility index (Phi) is 35.1. The molecule has 600 valence electrons. The van der Waals surface area contributed by atoms with Gasteiger partial charge in [0.15, 0.2) is 5.60 Å². The Bertz CT molecular complexity index is 3920. The number of rotatable bonds is 53. The highest BCUT2D eigenvalue weighted by atomic mass is 19.1. The monoisotopic (exact) mass is 1540 g/mol. The quantitative estimate of drug-likeness (QED) is 0.0105. The first-order valence-corrected chi connectivity index (χ1v) is 36.9. The number of hydrogen-bond acceptors (Lipinski definition) is 24. The molecule has 0 radical (unpaired) electrons. The van der Waals surface area contributed by atoms with Gasteiger partial charge in [0.05, 0.1) is 148 Å². The van der Waals surface area contributed by atoms with E-state index in [4.69, 9.17) is 52.4 Å². The third kappa shape index (κ3) is 27.2. The molecule has 5 heterocycles. The minimum atomic E-state index is -2.04. The number of nitrogens with one attached hydrogen (secondary N) is 8. The van der Waals surface area contributed by atoms with Crippen LogP contribution in [0.25, 0.3) is 22.3 Å². The molecule has 2 aromatic heterocycles. The number of methoxy groups -OCH3 is 1. The number of benzene rings is 2. The van der Waals surface area contributed by atoms with Gasteiger partial charge in [-0.15, -0.1) is 0 Å². The van der Waals surface area contributed by atoms with Crippen LogP contribution in [0.2, 0.25) is 0 Å². The Labute approximate surface area is 634 Å². The molecule has 9 N–H and O–H groups in total. The zero-order valence-corrected chi connectivity index (χ0v) is 62.3. The number of esters is 1. The average molecular weight is 1540 g/mol. The summed E-state index contributed by atoms with van der Waals surface area (Å²) in [5.41, 5.74) is 0.651. The number of unbranched alkanes of at least 4 members (excludes halogenated alkanes) is 2. The summed E-state index contributed by atoms with van der Waals surface area (Å²) in [7, 11) is 1.61. The van der Waals surface area contributed by atoms with Crippen molar-refractivity contribution in [1.29, 1.82) is 0 Å². The molecule has 1 fully saturated rings. The highest BCUT2D eigenvalue weighted by Crippen LogP contribution is 2.46. The maximum atomic E-state index is 15.1. The predicted molar refractivity (Wildman–Crippen MR) is 389 cm³/mol. The Morgan fingerprint density at radius 3 is 1.85 bits per heavy atom. The van der Waals surface area contributed by atoms with Gasteiger partial charge in [0.25, 0.3) is 17.4 Å². The molecule has 35 heteroatoms. The van der Waals surface area contributed by atoms with Crippen LogP contribution in [-0.2, 0) is 132 Å². The SMILES string of the molecule is COCCOCCOCCOCCOCCOCCOCCOCCNC(=O)[C@H](CCC(=O)NCC(=O)NCC(=O)N[C@@H](Cc1ccccc1)C(=O)NCC(=O)NCO[C@H](C)C(=O)NCc1c2c(nc3cc(F)c(C)cc13)-c1cc3c(c(=O)n1C2)COC(=O)[C@]3(O)CC1CC1)NC(=O)CCCCCN1C(=O)C=CC1=O. The molecule has 4 atom stereocenters. The first-order chi connectivity index (χ1) is 53.1. The molecule has 10 amide bonds. The molecular formula is C75H100FN11O23. The lowest BCUT2D eigenvalue weighted by Crippen LogP contribution is -2.52. The maximum absolute atomic E-state index is 15.1. The number of aryl methyl sites for hydroxylation is 1. The van der Waals surface area contributed by atoms with E-state index in [1.54, 1.807) is 56.5 Å². The summed E-state index contributed by atoms with van der Waals surface area (Å²) in [5.74, 6) is -7.56. The van der Waals surface area contributed by atoms with Crippen molar-refractivity contribution in [1.82, 2.24) is 57.0 Å². The van der Waals surface area contributed by atoms with Crippen molar-refractivity contribution in [2.24, 2.45) is 5.92 Å². The number of fused-ring (bicyclic) bond motifs is 5. The van der Waals surface area contributed by atoms with Crippen molar-refractivity contribution in [2.75, 3.05) is 146 Å². The van der Waals surface area contributed by atoms with Crippen molar-refractivity contribution in [3.05, 3.63) is 110 Å². The lowest BCUT2D eigenvalue weighted by atomic mass is 9.84. The molecule has 2 aromatic carbocycles. The van der Waals surface area contributed by atoms with E-state index in [1.807, 2.05) is 0 Å². The minimum absolute atomic E-state index is 0.000807. The molecule has 34 nitrogen and oxygen atoms in total. The molecule has 3 aliphatic heterocycles. The second kappa shape index (κ2) is 44.9. The molecule has 4 aliphatic rings. The summed E-state index contributed by atoms with van der Waals surface area (Å²) in [6, 6.07) is 10.6. The van der Waals surface area contributed by atoms with E-state index in [2.05, 4.69) is 42.5 Å². The topological polar surface area (TPSA) is 435 Å². The number of imide groups is 1. The van der Waals surface area contributed by atoms with Gasteiger partial charge in [0.1, 0.15) is 37.3 Å². The molecule has 4 aromatic rings. The predicted octanol–water partition coefficient (Wildman–Crippen LogP) is -0.282. The fraction of sp³-hybridized carbons (Fsp3) is 0.560. The lowest BCUT2D eigenvalue weighted by Gasteiger charge is -2.32. The minimum Gasteiger partial charge on any atom is -0.458 e. The second-order valence-corrected chi connectivity index (χ2v) is 26.5. The molecule has 0 saturated heterocycles. The smallest absolute Gasteiger partial charge is 0.343 e. The fourth-order valence-corrected chi connectivity index (χ4v) is 12.0. The molecular weight excluding hydrogens is 1440 g/mol. The van der Waals surface area contributed by atoms with E-state index in [-0.39, 0.29) is 107 Å². The normalized spacial score (nSPS) is 15.6. The molecule has 8 rings (SSSR count). The third-order valence-electron chi connectivity index (χ3n) is 18.2. The maximum Gasteiger partial charge on any atom is 0.343 e. The Morgan fingerprint density at radius 2 is 1.22 bits per heavy atom. The average Bonchev–Trinajstić information content (AvgIpc) is 1.52. The molecule has 0 spiro atoms. The Hall–Kier alpha value is -9.56. The molecule has 1 aliphatic carbocycles. The number of hydrogen-bond donors (Lipinski definition) is 9. The number of pyridine rings is 2. The van der Waals surface area contributed by atoms with Gasteiger partial charge in [0.2, 0.25) is 47.3 Å². The standard InChI is InChI=1S/C75H100FN11O23/c1-48-36-52-53(54-45-87-61(69(54)85-59(52)39-57(48)76)38-56-55(73(87)98)46-109-74(99)75(56,100)40-51-13-14-51)41-80-70(95)49(2)110-47-82-65(91)43-81-72(97)60(37-50-10-6-4-7-11-50)84-66(92)44-79-64(90)42-78-62(88)16-15-58(83-63(89)12-8-5-9-20-86-67(93)17-18-68(86)94)71(96)77-19-21-102-24-25-104-28-29-106-32-33-108-35-34-107-31-30-105-27-26-103-23-22-101-3/h4,6-7,10-11,17-18,36,38-39,49,51,58,60,100H,5,8-9,12-16,19-35,37,40-47H2,1-3H3,(H,77,96)(H,78,88)(H,79,90)(H,80,95)(H,81,97)(H,82,91)(H,83,89)(H,84,92)/t49-,58+,60+,75+/m1/s1. The van der Waals surface area contributed by atoms with Gasteiger partial charge in [-0.1, -0.05) is 49.6 Å². The van der Waals surface area contributed by atoms with E-state index in [9.17, 15) is 62.6 Å². The van der Waals surface area contributed by atoms with Gasteiger partial charge in [-0.3, -0.25) is 57.6 Å². The third-order valence-corrected chi connectivity index (χ3v) is 18.2. The van der Waals surface area contributed by atoms with Crippen molar-refractivity contribution in [2.45, 2.75) is 122 Å². The van der Waals surface area contributed by atoms with Crippen LogP contribution in [0, 0.1) is 18.7 Å². The Morgan fingerprint density at radius 1 is 0.636 bits per heavy atom. The highest BCUT2D eigenvalue weighted by molar-refractivity contribution is 6.12. The summed E-state index contributed by atoms with van der Waals surface area (Å²) in [6.07, 6.45) is 3.74. The van der Waals surface area contributed by atoms with Crippen molar-refractivity contribution in [3.63, 3.8) is 0 Å².